The van der Waals surface area contributed by atoms with Gasteiger partial charge in [0.1, 0.15) is 17.4 Å². The summed E-state index contributed by atoms with van der Waals surface area (Å²) >= 11 is 5.67. The molecule has 4 nitrogen and oxygen atoms in total. The summed E-state index contributed by atoms with van der Waals surface area (Å²) in [5, 5.41) is 5.47. The Morgan fingerprint density at radius 2 is 1.60 bits per heavy atom. The molecule has 0 bridgehead atoms. The molecule has 0 saturated carbocycles. The number of carbonyl (C=O) groups is 1. The number of hydrogen-bond acceptors (Lipinski definition) is 2. The van der Waals surface area contributed by atoms with Crippen LogP contribution in [0, 0.1) is 0 Å². The highest BCUT2D eigenvalue weighted by molar-refractivity contribution is 6.32. The van der Waals surface area contributed by atoms with Gasteiger partial charge in [-0.1, -0.05) is 56.6 Å². The standard InChI is InChI=1S/C21H26ClF4N3O/c1-5-11(3)13-7-9-14(10-8-13)15(6-2)27-21(30)12(4)29-18(20(25)26)16(22)17(28-29)19(23)24/h7-12,15,19-20H,5-6H2,1-4H3,(H,27,30). The van der Waals surface area contributed by atoms with E-state index in [-0.39, 0.29) is 6.04 Å². The Hall–Kier alpha value is -2.09. The third-order valence-electron chi connectivity index (χ3n) is 5.32. The van der Waals surface area contributed by atoms with Crippen LogP contribution in [0.2, 0.25) is 5.02 Å². The van der Waals surface area contributed by atoms with Gasteiger partial charge in [-0.2, -0.15) is 5.10 Å². The molecule has 0 saturated heterocycles. The van der Waals surface area contributed by atoms with Crippen molar-refractivity contribution >= 4 is 17.5 Å². The second-order valence-electron chi connectivity index (χ2n) is 7.25. The molecule has 0 aliphatic carbocycles. The number of rotatable bonds is 9. The van der Waals surface area contributed by atoms with Crippen molar-refractivity contribution in [3.05, 3.63) is 51.8 Å². The van der Waals surface area contributed by atoms with Gasteiger partial charge in [0.15, 0.2) is 0 Å². The molecule has 2 rings (SSSR count). The van der Waals surface area contributed by atoms with E-state index < -0.39 is 41.2 Å². The van der Waals surface area contributed by atoms with E-state index in [1.807, 2.05) is 31.2 Å². The van der Waals surface area contributed by atoms with Crippen molar-refractivity contribution in [2.75, 3.05) is 0 Å². The molecule has 0 radical (unpaired) electrons. The molecule has 0 fully saturated rings. The molecule has 30 heavy (non-hydrogen) atoms. The monoisotopic (exact) mass is 447 g/mol. The number of nitrogens with one attached hydrogen (secondary N) is 1. The van der Waals surface area contributed by atoms with Crippen LogP contribution < -0.4 is 5.32 Å². The number of benzene rings is 1. The van der Waals surface area contributed by atoms with Gasteiger partial charge in [-0.15, -0.1) is 0 Å². The van der Waals surface area contributed by atoms with Crippen molar-refractivity contribution < 1.29 is 22.4 Å². The minimum absolute atomic E-state index is 0.360. The second-order valence-corrected chi connectivity index (χ2v) is 7.63. The first-order chi connectivity index (χ1) is 14.1. The maximum Gasteiger partial charge on any atom is 0.283 e. The number of carbonyl (C=O) groups excluding carboxylic acids is 1. The van der Waals surface area contributed by atoms with Gasteiger partial charge in [-0.25, -0.2) is 22.2 Å². The molecule has 2 aromatic rings. The lowest BCUT2D eigenvalue weighted by Crippen LogP contribution is -2.35. The summed E-state index contributed by atoms with van der Waals surface area (Å²) in [6.45, 7) is 7.42. The van der Waals surface area contributed by atoms with Gasteiger partial charge in [-0.3, -0.25) is 4.79 Å². The van der Waals surface area contributed by atoms with E-state index >= 15 is 0 Å². The molecule has 3 atom stereocenters. The Morgan fingerprint density at radius 1 is 1.03 bits per heavy atom. The highest BCUT2D eigenvalue weighted by atomic mass is 35.5. The van der Waals surface area contributed by atoms with Gasteiger partial charge < -0.3 is 5.32 Å². The zero-order valence-electron chi connectivity index (χ0n) is 17.3. The van der Waals surface area contributed by atoms with Crippen LogP contribution in [0.1, 0.15) is 93.9 Å². The van der Waals surface area contributed by atoms with Crippen LogP contribution in [0.25, 0.3) is 0 Å². The van der Waals surface area contributed by atoms with E-state index in [0.29, 0.717) is 17.0 Å². The van der Waals surface area contributed by atoms with E-state index in [0.717, 1.165) is 12.0 Å². The number of nitrogens with zero attached hydrogens (tertiary/aromatic N) is 2. The fourth-order valence-corrected chi connectivity index (χ4v) is 3.48. The van der Waals surface area contributed by atoms with Crippen molar-refractivity contribution in [3.63, 3.8) is 0 Å². The molecular formula is C21H26ClF4N3O. The summed E-state index contributed by atoms with van der Waals surface area (Å²) in [4.78, 5) is 12.7. The number of amides is 1. The molecule has 0 spiro atoms. The lowest BCUT2D eigenvalue weighted by molar-refractivity contribution is -0.125. The summed E-state index contributed by atoms with van der Waals surface area (Å²) < 4.78 is 53.5. The lowest BCUT2D eigenvalue weighted by atomic mass is 9.95. The Labute approximate surface area is 178 Å². The van der Waals surface area contributed by atoms with E-state index in [1.54, 1.807) is 0 Å². The van der Waals surface area contributed by atoms with E-state index in [4.69, 9.17) is 11.6 Å². The van der Waals surface area contributed by atoms with Crippen LogP contribution in [0.3, 0.4) is 0 Å². The molecular weight excluding hydrogens is 422 g/mol. The fourth-order valence-electron chi connectivity index (χ4n) is 3.19. The molecule has 1 aromatic heterocycles. The molecule has 0 aliphatic rings. The molecule has 0 aliphatic heterocycles. The van der Waals surface area contributed by atoms with Crippen LogP contribution in [0.5, 0.6) is 0 Å². The van der Waals surface area contributed by atoms with Crippen molar-refractivity contribution in [2.45, 2.75) is 71.4 Å². The van der Waals surface area contributed by atoms with Crippen LogP contribution in [0.4, 0.5) is 17.6 Å². The summed E-state index contributed by atoms with van der Waals surface area (Å²) in [5.74, 6) is -0.204. The van der Waals surface area contributed by atoms with Gasteiger partial charge in [0, 0.05) is 0 Å². The highest BCUT2D eigenvalue weighted by Crippen LogP contribution is 2.36. The predicted octanol–water partition coefficient (Wildman–Crippen LogP) is 6.75. The number of hydrogen-bond donors (Lipinski definition) is 1. The average Bonchev–Trinajstić information content (AvgIpc) is 3.08. The number of aromatic nitrogens is 2. The molecule has 1 heterocycles. The third kappa shape index (κ3) is 5.14. The molecule has 3 unspecified atom stereocenters. The van der Waals surface area contributed by atoms with Crippen LogP contribution in [0.15, 0.2) is 24.3 Å². The van der Waals surface area contributed by atoms with Crippen LogP contribution >= 0.6 is 11.6 Å². The van der Waals surface area contributed by atoms with Gasteiger partial charge >= 0.3 is 0 Å². The van der Waals surface area contributed by atoms with E-state index in [2.05, 4.69) is 24.3 Å². The SMILES string of the molecule is CCC(C)c1ccc(C(CC)NC(=O)C(C)n2nc(C(F)F)c(Cl)c2C(F)F)cc1. The van der Waals surface area contributed by atoms with Crippen LogP contribution in [-0.4, -0.2) is 15.7 Å². The van der Waals surface area contributed by atoms with Gasteiger partial charge in [-0.05, 0) is 36.8 Å². The Bertz CT molecular complexity index is 855. The maximum absolute atomic E-state index is 13.4. The third-order valence-corrected chi connectivity index (χ3v) is 5.70. The smallest absolute Gasteiger partial charge is 0.283 e. The zero-order chi connectivity index (χ0) is 22.6. The normalized spacial score (nSPS) is 14.8. The molecule has 166 valence electrons. The number of alkyl halides is 4. The highest BCUT2D eigenvalue weighted by Gasteiger charge is 2.32. The van der Waals surface area contributed by atoms with Crippen molar-refractivity contribution in [1.82, 2.24) is 15.1 Å². The van der Waals surface area contributed by atoms with Gasteiger partial charge in [0.25, 0.3) is 12.9 Å². The minimum atomic E-state index is -3.15. The molecule has 1 N–H and O–H groups in total. The van der Waals surface area contributed by atoms with Gasteiger partial charge in [0.05, 0.1) is 11.1 Å². The Kier molecular flexibility index (Phi) is 8.29. The fraction of sp³-hybridized carbons (Fsp3) is 0.524. The first-order valence-corrected chi connectivity index (χ1v) is 10.2. The van der Waals surface area contributed by atoms with Gasteiger partial charge in [0.2, 0.25) is 5.91 Å². The largest absolute Gasteiger partial charge is 0.347 e. The maximum atomic E-state index is 13.4. The molecule has 9 heteroatoms. The first-order valence-electron chi connectivity index (χ1n) is 9.86. The van der Waals surface area contributed by atoms with Crippen molar-refractivity contribution in [2.24, 2.45) is 0 Å². The zero-order valence-corrected chi connectivity index (χ0v) is 18.1. The van der Waals surface area contributed by atoms with E-state index in [1.165, 1.54) is 12.5 Å². The predicted molar refractivity (Wildman–Crippen MR) is 108 cm³/mol. The summed E-state index contributed by atoms with van der Waals surface area (Å²) in [7, 11) is 0. The van der Waals surface area contributed by atoms with Crippen molar-refractivity contribution in [1.29, 1.82) is 0 Å². The first kappa shape index (κ1) is 24.2. The molecule has 1 aromatic carbocycles. The van der Waals surface area contributed by atoms with Crippen molar-refractivity contribution in [3.8, 4) is 0 Å². The summed E-state index contributed by atoms with van der Waals surface area (Å²) in [6.07, 6.45) is -4.71. The molecule has 1 amide bonds. The quantitative estimate of drug-likeness (QED) is 0.432. The summed E-state index contributed by atoms with van der Waals surface area (Å²) in [5.41, 5.74) is 0.203. The van der Waals surface area contributed by atoms with Crippen LogP contribution in [-0.2, 0) is 4.79 Å². The lowest BCUT2D eigenvalue weighted by Gasteiger charge is -2.22. The topological polar surface area (TPSA) is 46.9 Å². The number of halogens is 5. The average molecular weight is 448 g/mol. The summed E-state index contributed by atoms with van der Waals surface area (Å²) in [6, 6.07) is 6.24. The Balaban J connectivity index is 2.24. The second kappa shape index (κ2) is 10.3. The van der Waals surface area contributed by atoms with E-state index in [9.17, 15) is 22.4 Å². The minimum Gasteiger partial charge on any atom is -0.347 e. The Morgan fingerprint density at radius 3 is 2.07 bits per heavy atom.